The summed E-state index contributed by atoms with van der Waals surface area (Å²) in [4.78, 5) is 25.7. The highest BCUT2D eigenvalue weighted by Crippen LogP contribution is 2.33. The third kappa shape index (κ3) is 11.7. The first-order valence-corrected chi connectivity index (χ1v) is 18.6. The molecule has 0 saturated heterocycles. The van der Waals surface area contributed by atoms with Crippen LogP contribution in [-0.2, 0) is 54.4 Å². The van der Waals surface area contributed by atoms with Gasteiger partial charge in [-0.1, -0.05) is 34.1 Å². The fourth-order valence-electron chi connectivity index (χ4n) is 5.83. The van der Waals surface area contributed by atoms with Crippen molar-refractivity contribution in [3.05, 3.63) is 59.0 Å². The summed E-state index contributed by atoms with van der Waals surface area (Å²) in [5, 5.41) is 9.87. The Morgan fingerprint density at radius 3 is 2.27 bits per heavy atom. The van der Waals surface area contributed by atoms with Crippen molar-refractivity contribution in [2.45, 2.75) is 32.4 Å². The van der Waals surface area contributed by atoms with Gasteiger partial charge in [-0.15, -0.1) is 0 Å². The van der Waals surface area contributed by atoms with Crippen LogP contribution < -0.4 is 11.1 Å². The Balaban J connectivity index is 0.000000221. The largest absolute Gasteiger partial charge is 0.383 e. The predicted octanol–water partition coefficient (Wildman–Crippen LogP) is 3.53. The molecule has 0 bridgehead atoms. The van der Waals surface area contributed by atoms with E-state index in [0.29, 0.717) is 84.9 Å². The van der Waals surface area contributed by atoms with Gasteiger partial charge in [-0.25, -0.2) is 19.6 Å². The second-order valence-corrected chi connectivity index (χ2v) is 13.0. The fourth-order valence-corrected chi connectivity index (χ4v) is 6.06. The molecule has 0 fully saturated rings. The Kier molecular flexibility index (Phi) is 16.0. The Morgan fingerprint density at radius 2 is 1.57 bits per heavy atom. The Labute approximate surface area is 307 Å². The number of halogens is 1. The molecule has 1 aromatic carbocycles. The van der Waals surface area contributed by atoms with Gasteiger partial charge in [0.15, 0.2) is 5.65 Å². The van der Waals surface area contributed by atoms with Crippen LogP contribution in [0, 0.1) is 0 Å². The number of hydrogen-bond acceptors (Lipinski definition) is 13. The van der Waals surface area contributed by atoms with Gasteiger partial charge in [0.25, 0.3) is 0 Å². The van der Waals surface area contributed by atoms with Crippen LogP contribution in [0.15, 0.2) is 36.8 Å². The number of pyridine rings is 1. The average molecular weight is 770 g/mol. The van der Waals surface area contributed by atoms with Gasteiger partial charge >= 0.3 is 0 Å². The fraction of sp³-hybridized carbons (Fsp3) is 0.528. The van der Waals surface area contributed by atoms with Gasteiger partial charge in [0.2, 0.25) is 0 Å². The lowest BCUT2D eigenvalue weighted by Gasteiger charge is -2.25. The summed E-state index contributed by atoms with van der Waals surface area (Å²) in [7, 11) is 2.17. The van der Waals surface area contributed by atoms with Gasteiger partial charge in [-0.2, -0.15) is 5.10 Å². The SMILES string of the molecule is CN1CCc2cc(Cn3nc(-c4cnc5c(c4)CCN5)c4c(N)ncnc43)ccc2C1.O=CCCOCCOCCOCCOCCOCCBr. The van der Waals surface area contributed by atoms with E-state index >= 15 is 0 Å². The number of aromatic nitrogens is 5. The molecule has 3 aromatic heterocycles. The molecular weight excluding hydrogens is 720 g/mol. The molecule has 276 valence electrons. The van der Waals surface area contributed by atoms with E-state index in [1.54, 1.807) is 0 Å². The summed E-state index contributed by atoms with van der Waals surface area (Å²) in [6.45, 7) is 9.22. The number of hydrogen-bond donors (Lipinski definition) is 2. The second-order valence-electron chi connectivity index (χ2n) is 12.2. The second kappa shape index (κ2) is 21.1. The number of alkyl halides is 1. The number of carbonyl (C=O) groups excluding carboxylic acids is 1. The van der Waals surface area contributed by atoms with E-state index in [2.05, 4.69) is 72.4 Å². The number of carbonyl (C=O) groups is 1. The number of nitrogen functional groups attached to an aromatic ring is 1. The Bertz CT molecular complexity index is 1670. The minimum Gasteiger partial charge on any atom is -0.383 e. The minimum atomic E-state index is 0.435. The highest BCUT2D eigenvalue weighted by molar-refractivity contribution is 9.09. The first kappa shape index (κ1) is 38.7. The zero-order valence-electron chi connectivity index (χ0n) is 29.4. The number of nitrogens with one attached hydrogen (secondary N) is 1. The van der Waals surface area contributed by atoms with Crippen LogP contribution in [0.5, 0.6) is 0 Å². The summed E-state index contributed by atoms with van der Waals surface area (Å²) < 4.78 is 28.2. The van der Waals surface area contributed by atoms with Crippen LogP contribution in [0.25, 0.3) is 22.3 Å². The minimum absolute atomic E-state index is 0.435. The molecule has 4 aromatic rings. The highest BCUT2D eigenvalue weighted by atomic mass is 79.9. The first-order chi connectivity index (χ1) is 25.1. The number of ether oxygens (including phenoxy) is 5. The number of fused-ring (bicyclic) bond motifs is 3. The molecule has 0 amide bonds. The van der Waals surface area contributed by atoms with Crippen molar-refractivity contribution in [1.82, 2.24) is 29.6 Å². The normalized spacial score (nSPS) is 13.8. The lowest BCUT2D eigenvalue weighted by atomic mass is 9.97. The van der Waals surface area contributed by atoms with Crippen molar-refractivity contribution < 1.29 is 28.5 Å². The van der Waals surface area contributed by atoms with Crippen molar-refractivity contribution in [1.29, 1.82) is 0 Å². The van der Waals surface area contributed by atoms with Crippen LogP contribution in [0.4, 0.5) is 11.6 Å². The number of nitrogens with two attached hydrogens (primary N) is 1. The molecule has 0 atom stereocenters. The molecule has 6 rings (SSSR count). The van der Waals surface area contributed by atoms with E-state index in [9.17, 15) is 4.79 Å². The van der Waals surface area contributed by atoms with Crippen LogP contribution in [-0.4, -0.2) is 127 Å². The van der Waals surface area contributed by atoms with Gasteiger partial charge < -0.3 is 44.4 Å². The maximum atomic E-state index is 10.0. The molecule has 0 radical (unpaired) electrons. The standard InChI is InChI=1S/C23H24N8.C13H25BrO6/c1-30-7-5-15-8-14(2-3-17(15)12-30)11-31-23-19(21(24)27-13-28-23)20(29-31)18-9-16-4-6-25-22(16)26-10-18;14-2-5-17-7-9-19-11-13-20-12-10-18-8-6-16-4-1-3-15/h2-3,8-10,13H,4-7,11-12H2,1H3,(H,25,26)(H2,24,27,28);3H,1-2,4-13H2. The lowest BCUT2D eigenvalue weighted by Crippen LogP contribution is -2.26. The Hall–Kier alpha value is -3.57. The number of likely N-dealkylation sites (N-methyl/N-ethyl adjacent to an activating group) is 1. The summed E-state index contributed by atoms with van der Waals surface area (Å²) >= 11 is 3.27. The number of benzene rings is 1. The summed E-state index contributed by atoms with van der Waals surface area (Å²) in [6, 6.07) is 8.89. The van der Waals surface area contributed by atoms with E-state index in [4.69, 9.17) is 34.5 Å². The van der Waals surface area contributed by atoms with E-state index in [-0.39, 0.29) is 0 Å². The van der Waals surface area contributed by atoms with E-state index in [0.717, 1.165) is 72.2 Å². The predicted molar refractivity (Wildman–Crippen MR) is 199 cm³/mol. The van der Waals surface area contributed by atoms with Crippen molar-refractivity contribution in [3.63, 3.8) is 0 Å². The van der Waals surface area contributed by atoms with Crippen molar-refractivity contribution in [2.75, 3.05) is 103 Å². The molecule has 0 saturated carbocycles. The number of rotatable bonds is 20. The highest BCUT2D eigenvalue weighted by Gasteiger charge is 2.21. The van der Waals surface area contributed by atoms with Crippen LogP contribution >= 0.6 is 15.9 Å². The molecule has 51 heavy (non-hydrogen) atoms. The molecule has 0 spiro atoms. The Morgan fingerprint density at radius 1 is 0.863 bits per heavy atom. The molecule has 3 N–H and O–H groups in total. The number of anilines is 2. The maximum absolute atomic E-state index is 10.0. The first-order valence-electron chi connectivity index (χ1n) is 17.4. The van der Waals surface area contributed by atoms with E-state index in [1.807, 2.05) is 10.9 Å². The molecule has 0 unspecified atom stereocenters. The van der Waals surface area contributed by atoms with Gasteiger partial charge in [-0.3, -0.25) is 0 Å². The lowest BCUT2D eigenvalue weighted by molar-refractivity contribution is -0.108. The van der Waals surface area contributed by atoms with E-state index < -0.39 is 0 Å². The molecule has 15 heteroatoms. The third-order valence-corrected chi connectivity index (χ3v) is 8.70. The quantitative estimate of drug-likeness (QED) is 0.0765. The number of nitrogens with zero attached hydrogens (tertiary/aromatic N) is 6. The molecule has 0 aliphatic carbocycles. The average Bonchev–Trinajstić information content (AvgIpc) is 3.77. The maximum Gasteiger partial charge on any atom is 0.164 e. The zero-order chi connectivity index (χ0) is 35.7. The molecule has 5 heterocycles. The topological polar surface area (TPSA) is 161 Å². The van der Waals surface area contributed by atoms with Crippen molar-refractivity contribution in [2.24, 2.45) is 0 Å². The summed E-state index contributed by atoms with van der Waals surface area (Å²) in [6.07, 6.45) is 6.67. The van der Waals surface area contributed by atoms with Gasteiger partial charge in [0.1, 0.15) is 29.9 Å². The van der Waals surface area contributed by atoms with Gasteiger partial charge in [0, 0.05) is 43.1 Å². The van der Waals surface area contributed by atoms with Crippen molar-refractivity contribution in [3.8, 4) is 11.3 Å². The van der Waals surface area contributed by atoms with E-state index in [1.165, 1.54) is 28.6 Å². The van der Waals surface area contributed by atoms with Crippen LogP contribution in [0.2, 0.25) is 0 Å². The molecule has 2 aliphatic rings. The molecule has 14 nitrogen and oxygen atoms in total. The van der Waals surface area contributed by atoms with Crippen molar-refractivity contribution >= 4 is 44.9 Å². The third-order valence-electron chi connectivity index (χ3n) is 8.38. The molecule has 2 aliphatic heterocycles. The van der Waals surface area contributed by atoms with Crippen LogP contribution in [0.3, 0.4) is 0 Å². The summed E-state index contributed by atoms with van der Waals surface area (Å²) in [5.74, 6) is 1.40. The van der Waals surface area contributed by atoms with Gasteiger partial charge in [-0.05, 0) is 48.2 Å². The van der Waals surface area contributed by atoms with Crippen LogP contribution in [0.1, 0.15) is 28.7 Å². The monoisotopic (exact) mass is 768 g/mol. The zero-order valence-corrected chi connectivity index (χ0v) is 30.9. The smallest absolute Gasteiger partial charge is 0.164 e. The molecular formula is C36H49BrN8O6. The summed E-state index contributed by atoms with van der Waals surface area (Å²) in [5.41, 5.74) is 14.0. The van der Waals surface area contributed by atoms with Gasteiger partial charge in [0.05, 0.1) is 78.0 Å². The number of aldehydes is 1.